The summed E-state index contributed by atoms with van der Waals surface area (Å²) < 4.78 is 4.85. The maximum absolute atomic E-state index is 4.25. The minimum absolute atomic E-state index is 0. The van der Waals surface area contributed by atoms with Crippen LogP contribution in [0.4, 0.5) is 0 Å². The molecule has 3 aromatic rings. The molecule has 1 aliphatic rings. The van der Waals surface area contributed by atoms with Crippen molar-refractivity contribution in [1.82, 2.24) is 3.26 Å². The fourth-order valence-corrected chi connectivity index (χ4v) is 26.2. The summed E-state index contributed by atoms with van der Waals surface area (Å²) in [5.74, 6) is -1.33. The molecule has 1 nitrogen and oxygen atoms in total. The Bertz CT molecular complexity index is 934. The number of allylic oxidation sites excluding steroid dienone is 1. The van der Waals surface area contributed by atoms with Gasteiger partial charge in [0, 0.05) is 0 Å². The smallest absolute Gasteiger partial charge is 1.00 e. The Balaban J connectivity index is 0.00000171. The van der Waals surface area contributed by atoms with Crippen molar-refractivity contribution in [3.8, 4) is 0 Å². The fourth-order valence-electron chi connectivity index (χ4n) is 4.12. The number of hydrogen-bond donors (Lipinski definition) is 1. The quantitative estimate of drug-likeness (QED) is 0.370. The Hall–Kier alpha value is -0.960. The van der Waals surface area contributed by atoms with Gasteiger partial charge in [-0.2, -0.15) is 0 Å². The van der Waals surface area contributed by atoms with E-state index in [9.17, 15) is 0 Å². The van der Waals surface area contributed by atoms with Gasteiger partial charge in [-0.1, -0.05) is 0 Å². The molecule has 0 saturated carbocycles. The van der Waals surface area contributed by atoms with Crippen LogP contribution in [0, 0.1) is 5.41 Å². The maximum Gasteiger partial charge on any atom is -1.00 e. The van der Waals surface area contributed by atoms with Gasteiger partial charge in [0.25, 0.3) is 0 Å². The minimum atomic E-state index is -2.14. The van der Waals surface area contributed by atoms with E-state index < -0.39 is 27.1 Å². The van der Waals surface area contributed by atoms with Crippen molar-refractivity contribution in [2.45, 2.75) is 24.4 Å². The van der Waals surface area contributed by atoms with Crippen molar-refractivity contribution in [2.75, 3.05) is 6.54 Å². The molecule has 161 valence electrons. The molecular formula is C26H30Cl2NSiZr. The van der Waals surface area contributed by atoms with Gasteiger partial charge < -0.3 is 24.8 Å². The molecule has 31 heavy (non-hydrogen) atoms. The maximum atomic E-state index is 4.25. The molecule has 0 aromatic heterocycles. The molecule has 1 aliphatic carbocycles. The van der Waals surface area contributed by atoms with Crippen LogP contribution in [0.2, 0.25) is 0 Å². The van der Waals surface area contributed by atoms with Crippen LogP contribution in [0.25, 0.3) is 6.08 Å². The molecule has 0 spiro atoms. The molecule has 1 atom stereocenters. The normalized spacial score (nSPS) is 14.5. The summed E-state index contributed by atoms with van der Waals surface area (Å²) in [7, 11) is 0. The molecule has 0 bridgehead atoms. The molecule has 0 radical (unpaired) electrons. The van der Waals surface area contributed by atoms with Gasteiger partial charge in [-0.05, 0) is 0 Å². The number of hydrogen-bond acceptors (Lipinski definition) is 1. The van der Waals surface area contributed by atoms with Crippen LogP contribution in [-0.2, 0) is 21.2 Å². The van der Waals surface area contributed by atoms with Gasteiger partial charge in [-0.25, -0.2) is 0 Å². The van der Waals surface area contributed by atoms with E-state index in [0.29, 0.717) is 9.04 Å². The Morgan fingerprint density at radius 2 is 1.29 bits per heavy atom. The van der Waals surface area contributed by atoms with E-state index >= 15 is 0 Å². The standard InChI is InChI=1S/C12H11Si.C9H7.C5H12N.2ClH.Zr/c1-3-7-11(8-4-1)13-12-9-5-2-6-10-12;1-2-5-9-7-3-6-8(9)4-1;1-5(2,3)4-6;;;/h1-10,13H;1-7H;6H,4H2,1-3H3;2*1H;/q;;-1;;;+3/p-2. The first-order valence-corrected chi connectivity index (χ1v) is 19.1. The van der Waals surface area contributed by atoms with Crippen molar-refractivity contribution < 1.29 is 46.0 Å². The van der Waals surface area contributed by atoms with Gasteiger partial charge in [0.2, 0.25) is 0 Å². The van der Waals surface area contributed by atoms with Crippen molar-refractivity contribution >= 4 is 22.4 Å². The molecule has 0 fully saturated rings. The van der Waals surface area contributed by atoms with Crippen molar-refractivity contribution in [2.24, 2.45) is 5.41 Å². The van der Waals surface area contributed by atoms with Crippen LogP contribution in [0.3, 0.4) is 0 Å². The minimum Gasteiger partial charge on any atom is -1.00 e. The molecular weight excluding hydrogens is 517 g/mol. The zero-order valence-electron chi connectivity index (χ0n) is 18.4. The van der Waals surface area contributed by atoms with E-state index in [1.54, 1.807) is 15.9 Å². The van der Waals surface area contributed by atoms with Gasteiger partial charge >= 0.3 is 185 Å². The van der Waals surface area contributed by atoms with Crippen LogP contribution in [-0.4, -0.2) is 12.5 Å². The molecule has 0 heterocycles. The van der Waals surface area contributed by atoms with Gasteiger partial charge in [-0.15, -0.1) is 0 Å². The first-order valence-electron chi connectivity index (χ1n) is 10.5. The average molecular weight is 547 g/mol. The van der Waals surface area contributed by atoms with E-state index in [0.717, 1.165) is 6.54 Å². The summed E-state index contributed by atoms with van der Waals surface area (Å²) in [5, 5.41) is 3.18. The molecule has 5 heteroatoms. The number of nitrogens with one attached hydrogen (secondary N) is 1. The number of fused-ring (bicyclic) bond motifs is 1. The first kappa shape index (κ1) is 26.3. The van der Waals surface area contributed by atoms with Gasteiger partial charge in [-0.3, -0.25) is 0 Å². The fraction of sp³-hybridized carbons (Fsp3) is 0.231. The number of halogens is 2. The molecule has 4 rings (SSSR count). The molecule has 0 aliphatic heterocycles. The zero-order chi connectivity index (χ0) is 20.3. The van der Waals surface area contributed by atoms with Gasteiger partial charge in [0.1, 0.15) is 0 Å². The van der Waals surface area contributed by atoms with Crippen molar-refractivity contribution in [3.05, 3.63) is 102 Å². The molecule has 1 unspecified atom stereocenters. The summed E-state index contributed by atoms with van der Waals surface area (Å²) in [6.45, 7) is 8.14. The van der Waals surface area contributed by atoms with E-state index in [1.807, 2.05) is 0 Å². The largest absolute Gasteiger partial charge is 1.00 e. The Morgan fingerprint density at radius 3 is 1.84 bits per heavy atom. The van der Waals surface area contributed by atoms with Gasteiger partial charge in [0.15, 0.2) is 0 Å². The van der Waals surface area contributed by atoms with Crippen LogP contribution in [0.1, 0.15) is 35.5 Å². The topological polar surface area (TPSA) is 12.0 Å². The second kappa shape index (κ2) is 11.8. The first-order chi connectivity index (χ1) is 14.0. The second-order valence-electron chi connectivity index (χ2n) is 9.09. The molecule has 3 aromatic carbocycles. The van der Waals surface area contributed by atoms with Crippen LogP contribution >= 0.6 is 0 Å². The summed E-state index contributed by atoms with van der Waals surface area (Å²) in [5.41, 5.74) is 3.26. The predicted molar refractivity (Wildman–Crippen MR) is 125 cm³/mol. The van der Waals surface area contributed by atoms with Crippen molar-refractivity contribution in [1.29, 1.82) is 0 Å². The number of rotatable bonds is 6. The zero-order valence-corrected chi connectivity index (χ0v) is 23.5. The van der Waals surface area contributed by atoms with E-state index in [1.165, 1.54) is 5.56 Å². The second-order valence-corrected chi connectivity index (χ2v) is 23.9. The summed E-state index contributed by atoms with van der Waals surface area (Å²) in [6.07, 6.45) is 4.88. The van der Waals surface area contributed by atoms with Crippen LogP contribution in [0.15, 0.2) is 91.0 Å². The van der Waals surface area contributed by atoms with Gasteiger partial charge in [0.05, 0.1) is 0 Å². The third kappa shape index (κ3) is 6.53. The third-order valence-corrected chi connectivity index (χ3v) is 25.4. The predicted octanol–water partition coefficient (Wildman–Crippen LogP) is -1.53. The summed E-state index contributed by atoms with van der Waals surface area (Å²) in [6, 6.07) is 31.7. The van der Waals surface area contributed by atoms with Crippen molar-refractivity contribution in [3.63, 3.8) is 0 Å². The van der Waals surface area contributed by atoms with E-state index in [-0.39, 0.29) is 24.8 Å². The third-order valence-electron chi connectivity index (χ3n) is 5.53. The number of benzene rings is 3. The van der Waals surface area contributed by atoms with Crippen LogP contribution < -0.4 is 38.4 Å². The molecule has 0 saturated heterocycles. The Kier molecular flexibility index (Phi) is 9.98. The monoisotopic (exact) mass is 544 g/mol. The molecule has 1 N–H and O–H groups in total. The summed E-state index contributed by atoms with van der Waals surface area (Å²) >= 11 is -2.14. The van der Waals surface area contributed by atoms with Crippen LogP contribution in [0.5, 0.6) is 0 Å². The Labute approximate surface area is 208 Å². The summed E-state index contributed by atoms with van der Waals surface area (Å²) in [4.78, 5) is 0. The van der Waals surface area contributed by atoms with E-state index in [2.05, 4.69) is 121 Å². The SMILES string of the molecule is CC(C)(C)C[NH][Zr+2]([CH]1C=Cc2ccccc21)[SiH](c1ccccc1)c1ccccc1.[Cl-].[Cl-]. The van der Waals surface area contributed by atoms with E-state index in [4.69, 9.17) is 0 Å². The molecule has 0 amide bonds. The Morgan fingerprint density at radius 1 is 0.774 bits per heavy atom. The average Bonchev–Trinajstić information content (AvgIpc) is 3.15.